The van der Waals surface area contributed by atoms with Crippen LogP contribution < -0.4 is 10.6 Å². The minimum absolute atomic E-state index is 0.0637. The molecule has 0 saturated carbocycles. The van der Waals surface area contributed by atoms with Crippen LogP contribution in [0.15, 0.2) is 18.2 Å². The van der Waals surface area contributed by atoms with Gasteiger partial charge in [-0.3, -0.25) is 4.79 Å². The van der Waals surface area contributed by atoms with Crippen LogP contribution in [0.4, 0.5) is 0 Å². The van der Waals surface area contributed by atoms with Crippen molar-refractivity contribution in [2.24, 2.45) is 0 Å². The number of fused-ring (bicyclic) bond motifs is 1. The molecule has 15 heavy (non-hydrogen) atoms. The minimum Gasteiger partial charge on any atom is -0.345 e. The Morgan fingerprint density at radius 1 is 1.40 bits per heavy atom. The van der Waals surface area contributed by atoms with Crippen LogP contribution in [0.1, 0.15) is 21.5 Å². The van der Waals surface area contributed by atoms with Gasteiger partial charge in [0, 0.05) is 18.7 Å². The molecule has 0 bridgehead atoms. The van der Waals surface area contributed by atoms with E-state index in [4.69, 9.17) is 0 Å². The summed E-state index contributed by atoms with van der Waals surface area (Å²) in [6, 6.07) is 5.60. The highest BCUT2D eigenvalue weighted by molar-refractivity contribution is 5.95. The zero-order valence-corrected chi connectivity index (χ0v) is 8.25. The first-order chi connectivity index (χ1) is 7.31. The minimum atomic E-state index is -0.197. The van der Waals surface area contributed by atoms with E-state index in [2.05, 4.69) is 10.6 Å². The van der Waals surface area contributed by atoms with Crippen molar-refractivity contribution in [2.45, 2.75) is 13.1 Å². The van der Waals surface area contributed by atoms with E-state index in [9.17, 15) is 9.59 Å². The summed E-state index contributed by atoms with van der Waals surface area (Å²) in [5, 5.41) is 5.72. The first-order valence-corrected chi connectivity index (χ1v) is 4.85. The van der Waals surface area contributed by atoms with Gasteiger partial charge in [0.25, 0.3) is 5.91 Å². The highest BCUT2D eigenvalue weighted by Gasteiger charge is 2.12. The van der Waals surface area contributed by atoms with Crippen molar-refractivity contribution < 1.29 is 9.59 Å². The van der Waals surface area contributed by atoms with E-state index >= 15 is 0 Å². The molecule has 4 nitrogen and oxygen atoms in total. The van der Waals surface area contributed by atoms with E-state index in [1.807, 2.05) is 12.1 Å². The summed E-state index contributed by atoms with van der Waals surface area (Å²) >= 11 is 0. The molecule has 0 unspecified atom stereocenters. The Hall–Kier alpha value is -1.68. The molecule has 0 aromatic heterocycles. The summed E-state index contributed by atoms with van der Waals surface area (Å²) in [6.07, 6.45) is 0.673. The number of carbonyl (C=O) groups excluding carboxylic acids is 2. The summed E-state index contributed by atoms with van der Waals surface area (Å²) in [5.41, 5.74) is 3.01. The predicted octanol–water partition coefficient (Wildman–Crippen LogP) is 0.218. The third kappa shape index (κ3) is 2.05. The Bertz CT molecular complexity index is 402. The van der Waals surface area contributed by atoms with Crippen molar-refractivity contribution in [2.75, 3.05) is 6.54 Å². The average molecular weight is 204 g/mol. The maximum absolute atomic E-state index is 11.5. The normalized spacial score (nSPS) is 13.3. The van der Waals surface area contributed by atoms with Gasteiger partial charge in [-0.15, -0.1) is 0 Å². The molecule has 1 amide bonds. The Labute approximate surface area is 87.7 Å². The maximum atomic E-state index is 11.5. The van der Waals surface area contributed by atoms with Gasteiger partial charge in [-0.1, -0.05) is 6.07 Å². The molecule has 0 spiro atoms. The number of amides is 1. The van der Waals surface area contributed by atoms with E-state index in [0.717, 1.165) is 18.7 Å². The fourth-order valence-electron chi connectivity index (χ4n) is 1.67. The lowest BCUT2D eigenvalue weighted by Crippen LogP contribution is -2.25. The van der Waals surface area contributed by atoms with Crippen LogP contribution in [0.3, 0.4) is 0 Å². The van der Waals surface area contributed by atoms with Crippen molar-refractivity contribution in [3.63, 3.8) is 0 Å². The first kappa shape index (κ1) is 9.86. The van der Waals surface area contributed by atoms with Crippen molar-refractivity contribution in [1.82, 2.24) is 10.6 Å². The maximum Gasteiger partial charge on any atom is 0.251 e. The zero-order chi connectivity index (χ0) is 10.7. The van der Waals surface area contributed by atoms with Gasteiger partial charge < -0.3 is 15.4 Å². The van der Waals surface area contributed by atoms with Crippen LogP contribution in [-0.4, -0.2) is 18.7 Å². The van der Waals surface area contributed by atoms with E-state index in [-0.39, 0.29) is 12.5 Å². The van der Waals surface area contributed by atoms with Crippen molar-refractivity contribution in [3.8, 4) is 0 Å². The second kappa shape index (κ2) is 4.23. The molecule has 1 aliphatic rings. The summed E-state index contributed by atoms with van der Waals surface area (Å²) in [6.45, 7) is 1.74. The van der Waals surface area contributed by atoms with Crippen LogP contribution >= 0.6 is 0 Å². The molecule has 4 heteroatoms. The van der Waals surface area contributed by atoms with Crippen LogP contribution in [0.25, 0.3) is 0 Å². The number of hydrogen-bond donors (Lipinski definition) is 2. The largest absolute Gasteiger partial charge is 0.345 e. The van der Waals surface area contributed by atoms with E-state index in [0.29, 0.717) is 11.8 Å². The van der Waals surface area contributed by atoms with Crippen LogP contribution in [-0.2, 0) is 17.9 Å². The number of nitrogens with one attached hydrogen (secondary N) is 2. The molecule has 78 valence electrons. The number of aldehydes is 1. The van der Waals surface area contributed by atoms with Crippen molar-refractivity contribution in [1.29, 1.82) is 0 Å². The lowest BCUT2D eigenvalue weighted by molar-refractivity contribution is -0.107. The smallest absolute Gasteiger partial charge is 0.251 e. The first-order valence-electron chi connectivity index (χ1n) is 4.85. The van der Waals surface area contributed by atoms with Gasteiger partial charge >= 0.3 is 0 Å². The van der Waals surface area contributed by atoms with Gasteiger partial charge in [-0.25, -0.2) is 0 Å². The summed E-state index contributed by atoms with van der Waals surface area (Å²) in [5.74, 6) is -0.197. The molecule has 0 atom stereocenters. The number of carbonyl (C=O) groups is 2. The third-order valence-corrected chi connectivity index (χ3v) is 2.45. The summed E-state index contributed by atoms with van der Waals surface area (Å²) < 4.78 is 0. The topological polar surface area (TPSA) is 58.2 Å². The van der Waals surface area contributed by atoms with Crippen LogP contribution in [0.5, 0.6) is 0 Å². The molecular formula is C11H12N2O2. The average Bonchev–Trinajstić information content (AvgIpc) is 2.72. The lowest BCUT2D eigenvalue weighted by Gasteiger charge is -2.03. The Morgan fingerprint density at radius 3 is 3.00 bits per heavy atom. The number of benzene rings is 1. The highest BCUT2D eigenvalue weighted by Crippen LogP contribution is 2.16. The molecular weight excluding hydrogens is 192 g/mol. The Balaban J connectivity index is 2.15. The number of hydrogen-bond acceptors (Lipinski definition) is 3. The van der Waals surface area contributed by atoms with Crippen molar-refractivity contribution >= 4 is 12.2 Å². The van der Waals surface area contributed by atoms with Crippen molar-refractivity contribution in [3.05, 3.63) is 34.9 Å². The van der Waals surface area contributed by atoms with E-state index < -0.39 is 0 Å². The van der Waals surface area contributed by atoms with Gasteiger partial charge in [0.15, 0.2) is 0 Å². The summed E-state index contributed by atoms with van der Waals surface area (Å²) in [4.78, 5) is 21.6. The lowest BCUT2D eigenvalue weighted by atomic mass is 10.1. The molecule has 0 saturated heterocycles. The second-order valence-corrected chi connectivity index (χ2v) is 3.46. The van der Waals surface area contributed by atoms with Crippen LogP contribution in [0.2, 0.25) is 0 Å². The van der Waals surface area contributed by atoms with Gasteiger partial charge in [0.1, 0.15) is 6.29 Å². The molecule has 1 aromatic carbocycles. The quantitative estimate of drug-likeness (QED) is 0.692. The predicted molar refractivity (Wildman–Crippen MR) is 55.4 cm³/mol. The molecule has 0 aliphatic carbocycles. The van der Waals surface area contributed by atoms with Gasteiger partial charge in [-0.2, -0.15) is 0 Å². The summed E-state index contributed by atoms with van der Waals surface area (Å²) in [7, 11) is 0. The van der Waals surface area contributed by atoms with Gasteiger partial charge in [-0.05, 0) is 23.3 Å². The van der Waals surface area contributed by atoms with Gasteiger partial charge in [0.2, 0.25) is 0 Å². The standard InChI is InChI=1S/C11H12N2O2/c14-4-3-13-11(15)8-1-2-9-6-12-7-10(9)5-8/h1-2,4-5,12H,3,6-7H2,(H,13,15). The molecule has 1 aliphatic heterocycles. The van der Waals surface area contributed by atoms with E-state index in [1.54, 1.807) is 6.07 Å². The third-order valence-electron chi connectivity index (χ3n) is 2.45. The van der Waals surface area contributed by atoms with Gasteiger partial charge in [0.05, 0.1) is 6.54 Å². The highest BCUT2D eigenvalue weighted by atomic mass is 16.2. The molecule has 0 radical (unpaired) electrons. The second-order valence-electron chi connectivity index (χ2n) is 3.46. The molecule has 1 heterocycles. The van der Waals surface area contributed by atoms with Crippen LogP contribution in [0, 0.1) is 0 Å². The molecule has 2 N–H and O–H groups in total. The molecule has 2 rings (SSSR count). The molecule has 1 aromatic rings. The Kier molecular flexibility index (Phi) is 2.78. The number of rotatable bonds is 3. The zero-order valence-electron chi connectivity index (χ0n) is 8.25. The fraction of sp³-hybridized carbons (Fsp3) is 0.273. The monoisotopic (exact) mass is 204 g/mol. The van der Waals surface area contributed by atoms with E-state index in [1.165, 1.54) is 5.56 Å². The fourth-order valence-corrected chi connectivity index (χ4v) is 1.67. The SMILES string of the molecule is O=CCNC(=O)c1ccc2c(c1)CNC2. The molecule has 0 fully saturated rings. The Morgan fingerprint density at radius 2 is 2.20 bits per heavy atom.